The fourth-order valence-electron chi connectivity index (χ4n) is 2.09. The van der Waals surface area contributed by atoms with Gasteiger partial charge in [-0.05, 0) is 25.7 Å². The molecule has 0 aromatic carbocycles. The largest absolute Gasteiger partial charge is 0.481 e. The SMILES string of the molecule is O=C(O)CCCCC(=O)OCCCCCCCCCC(I)I. The van der Waals surface area contributed by atoms with E-state index >= 15 is 0 Å². The summed E-state index contributed by atoms with van der Waals surface area (Å²) < 4.78 is 5.89. The molecular weight excluding hydrogens is 510 g/mol. The Labute approximate surface area is 161 Å². The highest BCUT2D eigenvalue weighted by Crippen LogP contribution is 2.18. The van der Waals surface area contributed by atoms with Crippen LogP contribution in [0.3, 0.4) is 0 Å². The van der Waals surface area contributed by atoms with Gasteiger partial charge in [-0.1, -0.05) is 83.7 Å². The van der Waals surface area contributed by atoms with Crippen LogP contribution in [0.15, 0.2) is 0 Å². The average Bonchev–Trinajstić information content (AvgIpc) is 2.45. The van der Waals surface area contributed by atoms with Gasteiger partial charge in [-0.3, -0.25) is 9.59 Å². The molecule has 6 heteroatoms. The van der Waals surface area contributed by atoms with E-state index in [0.29, 0.717) is 25.9 Å². The van der Waals surface area contributed by atoms with Crippen molar-refractivity contribution >= 4 is 57.1 Å². The van der Waals surface area contributed by atoms with E-state index in [1.54, 1.807) is 0 Å². The molecule has 0 saturated heterocycles. The zero-order chi connectivity index (χ0) is 16.6. The van der Waals surface area contributed by atoms with E-state index in [1.807, 2.05) is 0 Å². The maximum absolute atomic E-state index is 11.4. The third-order valence-corrected chi connectivity index (χ3v) is 4.60. The molecular formula is C16H28I2O4. The molecule has 0 bridgehead atoms. The Kier molecular flexibility index (Phi) is 16.6. The number of unbranched alkanes of at least 4 members (excludes halogenated alkanes) is 7. The second-order valence-electron chi connectivity index (χ2n) is 5.48. The van der Waals surface area contributed by atoms with Crippen molar-refractivity contribution in [1.29, 1.82) is 0 Å². The van der Waals surface area contributed by atoms with Crippen molar-refractivity contribution < 1.29 is 19.4 Å². The van der Waals surface area contributed by atoms with Crippen molar-refractivity contribution in [3.05, 3.63) is 0 Å². The summed E-state index contributed by atoms with van der Waals surface area (Å²) >= 11 is 4.93. The van der Waals surface area contributed by atoms with Gasteiger partial charge in [0.1, 0.15) is 0 Å². The lowest BCUT2D eigenvalue weighted by atomic mass is 10.1. The van der Waals surface area contributed by atoms with Crippen LogP contribution in [0.4, 0.5) is 0 Å². The number of carbonyl (C=O) groups excluding carboxylic acids is 1. The smallest absolute Gasteiger partial charge is 0.305 e. The molecule has 1 N–H and O–H groups in total. The van der Waals surface area contributed by atoms with Crippen LogP contribution in [-0.4, -0.2) is 25.6 Å². The van der Waals surface area contributed by atoms with Crippen LogP contribution in [0, 0.1) is 0 Å². The van der Waals surface area contributed by atoms with E-state index in [9.17, 15) is 9.59 Å². The van der Waals surface area contributed by atoms with E-state index in [1.165, 1.54) is 38.5 Å². The van der Waals surface area contributed by atoms with Gasteiger partial charge in [0, 0.05) is 12.8 Å². The van der Waals surface area contributed by atoms with Gasteiger partial charge in [0.05, 0.1) is 8.54 Å². The summed E-state index contributed by atoms with van der Waals surface area (Å²) in [6.45, 7) is 0.503. The lowest BCUT2D eigenvalue weighted by Gasteiger charge is -2.05. The van der Waals surface area contributed by atoms with Gasteiger partial charge in [0.15, 0.2) is 0 Å². The van der Waals surface area contributed by atoms with E-state index in [2.05, 4.69) is 45.2 Å². The van der Waals surface area contributed by atoms with Crippen LogP contribution >= 0.6 is 45.2 Å². The van der Waals surface area contributed by atoms with Crippen LogP contribution in [-0.2, 0) is 14.3 Å². The van der Waals surface area contributed by atoms with Gasteiger partial charge < -0.3 is 9.84 Å². The van der Waals surface area contributed by atoms with Crippen molar-refractivity contribution in [2.45, 2.75) is 79.0 Å². The predicted molar refractivity (Wildman–Crippen MR) is 106 cm³/mol. The highest BCUT2D eigenvalue weighted by molar-refractivity contribution is 14.2. The van der Waals surface area contributed by atoms with Gasteiger partial charge in [-0.2, -0.15) is 0 Å². The third-order valence-electron chi connectivity index (χ3n) is 3.35. The Balaban J connectivity index is 3.18. The molecule has 0 aliphatic rings. The molecule has 0 unspecified atom stereocenters. The summed E-state index contributed by atoms with van der Waals surface area (Å²) in [5.41, 5.74) is 0. The summed E-state index contributed by atoms with van der Waals surface area (Å²) in [6, 6.07) is 0. The number of aliphatic carboxylic acids is 1. The van der Waals surface area contributed by atoms with Gasteiger partial charge in [-0.25, -0.2) is 0 Å². The second-order valence-corrected chi connectivity index (χ2v) is 10.9. The van der Waals surface area contributed by atoms with Crippen molar-refractivity contribution in [2.24, 2.45) is 0 Å². The highest BCUT2D eigenvalue weighted by atomic mass is 127. The number of esters is 1. The lowest BCUT2D eigenvalue weighted by Crippen LogP contribution is -2.06. The quantitative estimate of drug-likeness (QED) is 0.130. The molecule has 0 radical (unpaired) electrons. The monoisotopic (exact) mass is 538 g/mol. The Hall–Kier alpha value is 0.400. The number of halogens is 2. The van der Waals surface area contributed by atoms with Crippen LogP contribution < -0.4 is 0 Å². The molecule has 0 saturated carbocycles. The molecule has 0 aliphatic heterocycles. The highest BCUT2D eigenvalue weighted by Gasteiger charge is 2.04. The molecule has 0 rings (SSSR count). The first-order valence-electron chi connectivity index (χ1n) is 8.18. The number of rotatable bonds is 15. The molecule has 0 aliphatic carbocycles. The zero-order valence-corrected chi connectivity index (χ0v) is 17.5. The Bertz CT molecular complexity index is 296. The van der Waals surface area contributed by atoms with Gasteiger partial charge >= 0.3 is 11.9 Å². The van der Waals surface area contributed by atoms with Crippen molar-refractivity contribution in [3.63, 3.8) is 0 Å². The molecule has 0 heterocycles. The zero-order valence-electron chi connectivity index (χ0n) is 13.2. The number of carboxylic acid groups (broad SMARTS) is 1. The molecule has 130 valence electrons. The van der Waals surface area contributed by atoms with Gasteiger partial charge in [0.2, 0.25) is 0 Å². The Morgan fingerprint density at radius 3 is 1.95 bits per heavy atom. The number of hydrogen-bond acceptors (Lipinski definition) is 3. The van der Waals surface area contributed by atoms with Gasteiger partial charge in [0.25, 0.3) is 0 Å². The fourth-order valence-corrected chi connectivity index (χ4v) is 2.97. The fraction of sp³-hybridized carbons (Fsp3) is 0.875. The normalized spacial score (nSPS) is 10.9. The van der Waals surface area contributed by atoms with Crippen molar-refractivity contribution in [3.8, 4) is 0 Å². The lowest BCUT2D eigenvalue weighted by molar-refractivity contribution is -0.144. The molecule has 0 fully saturated rings. The van der Waals surface area contributed by atoms with Crippen LogP contribution in [0.5, 0.6) is 0 Å². The minimum Gasteiger partial charge on any atom is -0.481 e. The van der Waals surface area contributed by atoms with Crippen LogP contribution in [0.25, 0.3) is 0 Å². The first kappa shape index (κ1) is 22.4. The number of ether oxygens (including phenoxy) is 1. The first-order chi connectivity index (χ1) is 10.5. The summed E-state index contributed by atoms with van der Waals surface area (Å²) in [5.74, 6) is -1.01. The minimum atomic E-state index is -0.809. The van der Waals surface area contributed by atoms with Crippen molar-refractivity contribution in [1.82, 2.24) is 0 Å². The van der Waals surface area contributed by atoms with Crippen molar-refractivity contribution in [2.75, 3.05) is 6.61 Å². The first-order valence-corrected chi connectivity index (χ1v) is 10.7. The summed E-state index contributed by atoms with van der Waals surface area (Å²) in [7, 11) is 0. The topological polar surface area (TPSA) is 63.6 Å². The molecule has 0 spiro atoms. The van der Waals surface area contributed by atoms with Crippen LogP contribution in [0.2, 0.25) is 0 Å². The van der Waals surface area contributed by atoms with E-state index in [4.69, 9.17) is 9.84 Å². The molecule has 0 amide bonds. The second kappa shape index (κ2) is 16.3. The average molecular weight is 538 g/mol. The van der Waals surface area contributed by atoms with E-state index in [0.717, 1.165) is 14.8 Å². The number of carbonyl (C=O) groups is 2. The Morgan fingerprint density at radius 2 is 1.36 bits per heavy atom. The van der Waals surface area contributed by atoms with E-state index in [-0.39, 0.29) is 12.4 Å². The maximum Gasteiger partial charge on any atom is 0.305 e. The molecule has 4 nitrogen and oxygen atoms in total. The Morgan fingerprint density at radius 1 is 0.818 bits per heavy atom. The molecule has 0 aromatic heterocycles. The maximum atomic E-state index is 11.4. The standard InChI is InChI=1S/C16H28I2O4/c17-14(18)10-6-4-2-1-3-5-9-13-22-16(21)12-8-7-11-15(19)20/h14H,1-13H2,(H,19,20). The molecule has 0 atom stereocenters. The van der Waals surface area contributed by atoms with Crippen LogP contribution in [0.1, 0.15) is 77.0 Å². The summed E-state index contributed by atoms with van der Waals surface area (Å²) in [6.07, 6.45) is 11.4. The number of hydrogen-bond donors (Lipinski definition) is 1. The predicted octanol–water partition coefficient (Wildman–Crippen LogP) is 5.49. The molecule has 22 heavy (non-hydrogen) atoms. The summed E-state index contributed by atoms with van der Waals surface area (Å²) in [4.78, 5) is 21.7. The van der Waals surface area contributed by atoms with E-state index < -0.39 is 5.97 Å². The third kappa shape index (κ3) is 18.4. The number of carboxylic acids is 1. The summed E-state index contributed by atoms with van der Waals surface area (Å²) in [5, 5.41) is 8.48. The molecule has 0 aromatic rings. The van der Waals surface area contributed by atoms with Gasteiger partial charge in [-0.15, -0.1) is 0 Å². The minimum absolute atomic E-state index is 0.129. The number of alkyl halides is 2.